The molecule has 0 heterocycles. The average Bonchev–Trinajstić information content (AvgIpc) is 2.77. The smallest absolute Gasteiger partial charge is 0.261 e. The lowest BCUT2D eigenvalue weighted by molar-refractivity contribution is -0.142. The minimum absolute atomic E-state index is 0.121. The summed E-state index contributed by atoms with van der Waals surface area (Å²) in [5.41, 5.74) is 1.97. The fraction of sp³-hybridized carbons (Fsp3) is 0.440. The Balaban J connectivity index is 1.70. The molecule has 0 radical (unpaired) electrons. The number of carbonyl (C=O) groups is 2. The number of rotatable bonds is 8. The number of nitrogens with one attached hydrogen (secondary N) is 1. The van der Waals surface area contributed by atoms with Crippen LogP contribution in [0.2, 0.25) is 5.02 Å². The van der Waals surface area contributed by atoms with Crippen molar-refractivity contribution in [3.05, 3.63) is 64.7 Å². The third kappa shape index (κ3) is 7.00. The molecular formula is C25H31ClN2O3. The molecule has 0 bridgehead atoms. The van der Waals surface area contributed by atoms with Crippen LogP contribution in [0.4, 0.5) is 0 Å². The summed E-state index contributed by atoms with van der Waals surface area (Å²) in [5, 5.41) is 3.77. The van der Waals surface area contributed by atoms with E-state index in [4.69, 9.17) is 16.3 Å². The highest BCUT2D eigenvalue weighted by Gasteiger charge is 2.28. The summed E-state index contributed by atoms with van der Waals surface area (Å²) in [4.78, 5) is 27.6. The van der Waals surface area contributed by atoms with Gasteiger partial charge in [-0.25, -0.2) is 0 Å². The number of hydrogen-bond acceptors (Lipinski definition) is 3. The van der Waals surface area contributed by atoms with Crippen LogP contribution in [0.3, 0.4) is 0 Å². The maximum absolute atomic E-state index is 13.1. The first-order chi connectivity index (χ1) is 14.9. The SMILES string of the molecule is Cc1cccc(OCC(=O)N(Cc2ccc(Cl)cc2)[C@@H](C)C(=O)NC2CCCCC2)c1. The molecule has 1 aliphatic carbocycles. The van der Waals surface area contributed by atoms with Crippen LogP contribution in [0.1, 0.15) is 50.2 Å². The molecule has 1 N–H and O–H groups in total. The zero-order valence-corrected chi connectivity index (χ0v) is 19.0. The number of hydrogen-bond donors (Lipinski definition) is 1. The number of ether oxygens (including phenoxy) is 1. The molecule has 2 aromatic carbocycles. The highest BCUT2D eigenvalue weighted by Crippen LogP contribution is 2.19. The normalized spacial score (nSPS) is 15.2. The monoisotopic (exact) mass is 442 g/mol. The minimum atomic E-state index is -0.605. The third-order valence-electron chi connectivity index (χ3n) is 5.74. The highest BCUT2D eigenvalue weighted by molar-refractivity contribution is 6.30. The van der Waals surface area contributed by atoms with Crippen LogP contribution in [0.25, 0.3) is 0 Å². The fourth-order valence-corrected chi connectivity index (χ4v) is 4.00. The molecule has 1 aliphatic rings. The first kappa shape index (κ1) is 23.1. The molecule has 6 heteroatoms. The Kier molecular flexibility index (Phi) is 8.35. The Morgan fingerprint density at radius 3 is 2.52 bits per heavy atom. The van der Waals surface area contributed by atoms with Gasteiger partial charge in [-0.2, -0.15) is 0 Å². The first-order valence-corrected chi connectivity index (χ1v) is 11.3. The van der Waals surface area contributed by atoms with Crippen molar-refractivity contribution in [2.75, 3.05) is 6.61 Å². The third-order valence-corrected chi connectivity index (χ3v) is 5.99. The van der Waals surface area contributed by atoms with E-state index in [0.29, 0.717) is 17.3 Å². The second-order valence-electron chi connectivity index (χ2n) is 8.27. The summed E-state index contributed by atoms with van der Waals surface area (Å²) in [6.07, 6.45) is 5.49. The standard InChI is InChI=1S/C25H31ClN2O3/c1-18-7-6-10-23(15-18)31-17-24(29)28(16-20-11-13-21(26)14-12-20)19(2)25(30)27-22-8-4-3-5-9-22/h6-7,10-15,19,22H,3-5,8-9,16-17H2,1-2H3,(H,27,30)/t19-/m0/s1. The van der Waals surface area contributed by atoms with Crippen molar-refractivity contribution >= 4 is 23.4 Å². The minimum Gasteiger partial charge on any atom is -0.484 e. The van der Waals surface area contributed by atoms with Crippen LogP contribution >= 0.6 is 11.6 Å². The molecule has 3 rings (SSSR count). The molecule has 31 heavy (non-hydrogen) atoms. The molecule has 2 amide bonds. The molecule has 0 spiro atoms. The van der Waals surface area contributed by atoms with Gasteiger partial charge in [0.25, 0.3) is 5.91 Å². The summed E-state index contributed by atoms with van der Waals surface area (Å²) in [6, 6.07) is 14.5. The average molecular weight is 443 g/mol. The Bertz CT molecular complexity index is 879. The predicted octanol–water partition coefficient (Wildman–Crippen LogP) is 4.89. The van der Waals surface area contributed by atoms with Crippen molar-refractivity contribution in [1.29, 1.82) is 0 Å². The summed E-state index contributed by atoms with van der Waals surface area (Å²) < 4.78 is 5.72. The quantitative estimate of drug-likeness (QED) is 0.633. The van der Waals surface area contributed by atoms with Gasteiger partial charge in [-0.3, -0.25) is 9.59 Å². The number of carbonyl (C=O) groups excluding carboxylic acids is 2. The predicted molar refractivity (Wildman–Crippen MR) is 123 cm³/mol. The van der Waals surface area contributed by atoms with Crippen molar-refractivity contribution in [2.45, 2.75) is 64.6 Å². The summed E-state index contributed by atoms with van der Waals surface area (Å²) >= 11 is 6.00. The van der Waals surface area contributed by atoms with E-state index in [1.807, 2.05) is 43.3 Å². The zero-order valence-electron chi connectivity index (χ0n) is 18.3. The number of halogens is 1. The number of amides is 2. The van der Waals surface area contributed by atoms with Gasteiger partial charge >= 0.3 is 0 Å². The van der Waals surface area contributed by atoms with E-state index < -0.39 is 6.04 Å². The van der Waals surface area contributed by atoms with Crippen LogP contribution < -0.4 is 10.1 Å². The molecule has 0 unspecified atom stereocenters. The lowest BCUT2D eigenvalue weighted by Gasteiger charge is -2.31. The van der Waals surface area contributed by atoms with Crippen LogP contribution in [0.15, 0.2) is 48.5 Å². The van der Waals surface area contributed by atoms with E-state index in [-0.39, 0.29) is 24.5 Å². The molecule has 0 aromatic heterocycles. The second-order valence-corrected chi connectivity index (χ2v) is 8.71. The van der Waals surface area contributed by atoms with Gasteiger partial charge in [-0.15, -0.1) is 0 Å². The molecule has 1 fully saturated rings. The van der Waals surface area contributed by atoms with Gasteiger partial charge in [0.15, 0.2) is 6.61 Å². The number of aryl methyl sites for hydroxylation is 1. The van der Waals surface area contributed by atoms with Crippen LogP contribution in [-0.2, 0) is 16.1 Å². The lowest BCUT2D eigenvalue weighted by Crippen LogP contribution is -2.51. The van der Waals surface area contributed by atoms with E-state index in [1.54, 1.807) is 24.0 Å². The topological polar surface area (TPSA) is 58.6 Å². The summed E-state index contributed by atoms with van der Waals surface area (Å²) in [5.74, 6) is 0.284. The van der Waals surface area contributed by atoms with Gasteiger partial charge in [0.2, 0.25) is 5.91 Å². The Morgan fingerprint density at radius 1 is 1.13 bits per heavy atom. The van der Waals surface area contributed by atoms with Gasteiger partial charge < -0.3 is 15.0 Å². The van der Waals surface area contributed by atoms with Crippen molar-refractivity contribution < 1.29 is 14.3 Å². The van der Waals surface area contributed by atoms with Crippen molar-refractivity contribution in [1.82, 2.24) is 10.2 Å². The molecular weight excluding hydrogens is 412 g/mol. The summed E-state index contributed by atoms with van der Waals surface area (Å²) in [6.45, 7) is 3.93. The largest absolute Gasteiger partial charge is 0.484 e. The second kappa shape index (κ2) is 11.2. The molecule has 5 nitrogen and oxygen atoms in total. The number of nitrogens with zero attached hydrogens (tertiary/aromatic N) is 1. The Labute approximate surface area is 189 Å². The fourth-order valence-electron chi connectivity index (χ4n) is 3.87. The Morgan fingerprint density at radius 2 is 1.84 bits per heavy atom. The summed E-state index contributed by atoms with van der Waals surface area (Å²) in [7, 11) is 0. The van der Waals surface area contributed by atoms with E-state index in [1.165, 1.54) is 6.42 Å². The van der Waals surface area contributed by atoms with Gasteiger partial charge in [-0.1, -0.05) is 55.1 Å². The van der Waals surface area contributed by atoms with E-state index in [2.05, 4.69) is 5.32 Å². The molecule has 1 atom stereocenters. The maximum Gasteiger partial charge on any atom is 0.261 e. The molecule has 2 aromatic rings. The van der Waals surface area contributed by atoms with Crippen molar-refractivity contribution in [2.24, 2.45) is 0 Å². The maximum atomic E-state index is 13.1. The lowest BCUT2D eigenvalue weighted by atomic mass is 9.95. The number of benzene rings is 2. The van der Waals surface area contributed by atoms with Gasteiger partial charge in [0, 0.05) is 17.6 Å². The van der Waals surface area contributed by atoms with Gasteiger partial charge in [0.05, 0.1) is 0 Å². The van der Waals surface area contributed by atoms with Gasteiger partial charge in [0.1, 0.15) is 11.8 Å². The van der Waals surface area contributed by atoms with Crippen LogP contribution in [0.5, 0.6) is 5.75 Å². The first-order valence-electron chi connectivity index (χ1n) is 11.0. The van der Waals surface area contributed by atoms with E-state index >= 15 is 0 Å². The van der Waals surface area contributed by atoms with Crippen molar-refractivity contribution in [3.63, 3.8) is 0 Å². The van der Waals surface area contributed by atoms with Gasteiger partial charge in [-0.05, 0) is 62.1 Å². The Hall–Kier alpha value is -2.53. The zero-order chi connectivity index (χ0) is 22.2. The molecule has 0 saturated heterocycles. The van der Waals surface area contributed by atoms with E-state index in [0.717, 1.165) is 36.8 Å². The molecule has 0 aliphatic heterocycles. The molecule has 166 valence electrons. The highest BCUT2D eigenvalue weighted by atomic mass is 35.5. The molecule has 1 saturated carbocycles. The van der Waals surface area contributed by atoms with E-state index in [9.17, 15) is 9.59 Å². The van der Waals surface area contributed by atoms with Crippen LogP contribution in [0, 0.1) is 6.92 Å². The van der Waals surface area contributed by atoms with Crippen molar-refractivity contribution in [3.8, 4) is 5.75 Å². The van der Waals surface area contributed by atoms with Crippen LogP contribution in [-0.4, -0.2) is 35.4 Å².